The zero-order valence-corrected chi connectivity index (χ0v) is 10.0. The largest absolute Gasteiger partial charge is 0.395 e. The van der Waals surface area contributed by atoms with E-state index in [0.717, 1.165) is 25.9 Å². The van der Waals surface area contributed by atoms with Gasteiger partial charge in [0.15, 0.2) is 0 Å². The van der Waals surface area contributed by atoms with E-state index in [-0.39, 0.29) is 12.6 Å². The van der Waals surface area contributed by atoms with Crippen molar-refractivity contribution in [3.05, 3.63) is 0 Å². The van der Waals surface area contributed by atoms with Crippen LogP contribution in [0, 0.1) is 0 Å². The SMILES string of the molecule is CN(CCO)c1nc(N)nc(N2CCCC2)n1. The fourth-order valence-electron chi connectivity index (χ4n) is 1.85. The molecule has 0 bridgehead atoms. The molecule has 0 saturated carbocycles. The van der Waals surface area contributed by atoms with Crippen LogP contribution in [0.1, 0.15) is 12.8 Å². The van der Waals surface area contributed by atoms with Gasteiger partial charge in [0.2, 0.25) is 17.8 Å². The number of rotatable bonds is 4. The first-order valence-electron chi connectivity index (χ1n) is 5.79. The molecule has 1 aliphatic heterocycles. The highest BCUT2D eigenvalue weighted by molar-refractivity contribution is 5.43. The first kappa shape index (κ1) is 11.8. The third-order valence-corrected chi connectivity index (χ3v) is 2.79. The lowest BCUT2D eigenvalue weighted by Crippen LogP contribution is -2.27. The van der Waals surface area contributed by atoms with Crippen molar-refractivity contribution < 1.29 is 5.11 Å². The Labute approximate surface area is 100 Å². The molecule has 0 aromatic carbocycles. The second-order valence-corrected chi connectivity index (χ2v) is 4.13. The van der Waals surface area contributed by atoms with Gasteiger partial charge in [0.05, 0.1) is 6.61 Å². The lowest BCUT2D eigenvalue weighted by molar-refractivity contribution is 0.303. The van der Waals surface area contributed by atoms with Crippen molar-refractivity contribution in [3.63, 3.8) is 0 Å². The monoisotopic (exact) mass is 238 g/mol. The molecule has 1 aromatic heterocycles. The number of anilines is 3. The molecule has 7 heteroatoms. The molecular formula is C10H18N6O. The van der Waals surface area contributed by atoms with Gasteiger partial charge in [-0.1, -0.05) is 0 Å². The summed E-state index contributed by atoms with van der Waals surface area (Å²) in [6, 6.07) is 0. The smallest absolute Gasteiger partial charge is 0.231 e. The van der Waals surface area contributed by atoms with Crippen LogP contribution in [0.4, 0.5) is 17.8 Å². The molecule has 0 amide bonds. The fraction of sp³-hybridized carbons (Fsp3) is 0.700. The molecule has 0 unspecified atom stereocenters. The minimum atomic E-state index is 0.0567. The Morgan fingerprint density at radius 3 is 2.65 bits per heavy atom. The van der Waals surface area contributed by atoms with Gasteiger partial charge in [-0.3, -0.25) is 0 Å². The van der Waals surface area contributed by atoms with Crippen molar-refractivity contribution in [3.8, 4) is 0 Å². The average molecular weight is 238 g/mol. The Hall–Kier alpha value is -1.63. The number of hydrogen-bond acceptors (Lipinski definition) is 7. The molecule has 0 aliphatic carbocycles. The molecule has 3 N–H and O–H groups in total. The van der Waals surface area contributed by atoms with Crippen molar-refractivity contribution >= 4 is 17.8 Å². The molecule has 1 saturated heterocycles. The Bertz CT molecular complexity index is 379. The summed E-state index contributed by atoms with van der Waals surface area (Å²) < 4.78 is 0. The number of aromatic nitrogens is 3. The van der Waals surface area contributed by atoms with Gasteiger partial charge >= 0.3 is 0 Å². The maximum Gasteiger partial charge on any atom is 0.231 e. The predicted octanol–water partition coefficient (Wildman–Crippen LogP) is -0.517. The molecular weight excluding hydrogens is 220 g/mol. The zero-order chi connectivity index (χ0) is 12.3. The van der Waals surface area contributed by atoms with Gasteiger partial charge in [-0.25, -0.2) is 0 Å². The van der Waals surface area contributed by atoms with Gasteiger partial charge in [0.1, 0.15) is 0 Å². The molecule has 0 spiro atoms. The Kier molecular flexibility index (Phi) is 3.58. The molecule has 1 fully saturated rings. The summed E-state index contributed by atoms with van der Waals surface area (Å²) in [7, 11) is 1.82. The minimum Gasteiger partial charge on any atom is -0.395 e. The van der Waals surface area contributed by atoms with Gasteiger partial charge < -0.3 is 20.6 Å². The number of hydrogen-bond donors (Lipinski definition) is 2. The van der Waals surface area contributed by atoms with Crippen LogP contribution in [0.5, 0.6) is 0 Å². The molecule has 7 nitrogen and oxygen atoms in total. The highest BCUT2D eigenvalue weighted by Crippen LogP contribution is 2.18. The second kappa shape index (κ2) is 5.13. The molecule has 0 radical (unpaired) electrons. The number of aliphatic hydroxyl groups is 1. The maximum atomic E-state index is 8.89. The number of nitrogen functional groups attached to an aromatic ring is 1. The molecule has 1 aliphatic rings. The molecule has 17 heavy (non-hydrogen) atoms. The normalized spacial score (nSPS) is 15.3. The quantitative estimate of drug-likeness (QED) is 0.729. The first-order chi connectivity index (χ1) is 8.20. The van der Waals surface area contributed by atoms with Gasteiger partial charge in [0.25, 0.3) is 0 Å². The van der Waals surface area contributed by atoms with E-state index in [1.54, 1.807) is 4.90 Å². The van der Waals surface area contributed by atoms with Crippen LogP contribution in [0.15, 0.2) is 0 Å². The first-order valence-corrected chi connectivity index (χ1v) is 5.79. The highest BCUT2D eigenvalue weighted by Gasteiger charge is 2.17. The molecule has 1 aromatic rings. The van der Waals surface area contributed by atoms with Crippen LogP contribution in [0.3, 0.4) is 0 Å². The van der Waals surface area contributed by atoms with Crippen molar-refractivity contribution in [2.45, 2.75) is 12.8 Å². The molecule has 0 atom stereocenters. The van der Waals surface area contributed by atoms with Crippen molar-refractivity contribution in [1.82, 2.24) is 15.0 Å². The average Bonchev–Trinajstić information content (AvgIpc) is 2.82. The minimum absolute atomic E-state index is 0.0567. The summed E-state index contributed by atoms with van der Waals surface area (Å²) >= 11 is 0. The van der Waals surface area contributed by atoms with E-state index in [9.17, 15) is 0 Å². The maximum absolute atomic E-state index is 8.89. The topological polar surface area (TPSA) is 91.4 Å². The third-order valence-electron chi connectivity index (χ3n) is 2.79. The van der Waals surface area contributed by atoms with E-state index in [1.165, 1.54) is 0 Å². The van der Waals surface area contributed by atoms with E-state index in [1.807, 2.05) is 7.05 Å². The van der Waals surface area contributed by atoms with Crippen LogP contribution in [-0.4, -0.2) is 53.3 Å². The van der Waals surface area contributed by atoms with Gasteiger partial charge in [-0.2, -0.15) is 15.0 Å². The predicted molar refractivity (Wildman–Crippen MR) is 66.0 cm³/mol. The summed E-state index contributed by atoms with van der Waals surface area (Å²) in [5.74, 6) is 1.37. The van der Waals surface area contributed by atoms with E-state index in [4.69, 9.17) is 10.8 Å². The summed E-state index contributed by atoms with van der Waals surface area (Å²) in [6.45, 7) is 2.46. The summed E-state index contributed by atoms with van der Waals surface area (Å²) in [5.41, 5.74) is 5.68. The van der Waals surface area contributed by atoms with E-state index < -0.39 is 0 Å². The van der Waals surface area contributed by atoms with Crippen molar-refractivity contribution in [2.24, 2.45) is 0 Å². The lowest BCUT2D eigenvalue weighted by Gasteiger charge is -2.19. The van der Waals surface area contributed by atoms with E-state index in [0.29, 0.717) is 18.4 Å². The van der Waals surface area contributed by atoms with Crippen LogP contribution < -0.4 is 15.5 Å². The molecule has 94 valence electrons. The van der Waals surface area contributed by atoms with Gasteiger partial charge in [-0.15, -0.1) is 0 Å². The summed E-state index contributed by atoms with van der Waals surface area (Å²) in [5, 5.41) is 8.89. The molecule has 2 heterocycles. The van der Waals surface area contributed by atoms with Crippen LogP contribution >= 0.6 is 0 Å². The standard InChI is InChI=1S/C10H18N6O/c1-15(6-7-17)9-12-8(11)13-10(14-9)16-4-2-3-5-16/h17H,2-7H2,1H3,(H2,11,12,13,14). The number of aliphatic hydroxyl groups excluding tert-OH is 1. The van der Waals surface area contributed by atoms with Crippen LogP contribution in [0.25, 0.3) is 0 Å². The summed E-state index contributed by atoms with van der Waals surface area (Å²) in [4.78, 5) is 16.5. The van der Waals surface area contributed by atoms with Crippen LogP contribution in [0.2, 0.25) is 0 Å². The third kappa shape index (κ3) is 2.73. The van der Waals surface area contributed by atoms with Gasteiger partial charge in [0, 0.05) is 26.7 Å². The Morgan fingerprint density at radius 1 is 1.29 bits per heavy atom. The van der Waals surface area contributed by atoms with E-state index >= 15 is 0 Å². The zero-order valence-electron chi connectivity index (χ0n) is 10.0. The van der Waals surface area contributed by atoms with Crippen molar-refractivity contribution in [1.29, 1.82) is 0 Å². The number of likely N-dealkylation sites (N-methyl/N-ethyl adjacent to an activating group) is 1. The lowest BCUT2D eigenvalue weighted by atomic mass is 10.4. The fourth-order valence-corrected chi connectivity index (χ4v) is 1.85. The van der Waals surface area contributed by atoms with Crippen LogP contribution in [-0.2, 0) is 0 Å². The Balaban J connectivity index is 2.22. The highest BCUT2D eigenvalue weighted by atomic mass is 16.3. The Morgan fingerprint density at radius 2 is 2.00 bits per heavy atom. The number of nitrogens with two attached hydrogens (primary N) is 1. The van der Waals surface area contributed by atoms with E-state index in [2.05, 4.69) is 19.9 Å². The molecule has 2 rings (SSSR count). The summed E-state index contributed by atoms with van der Waals surface area (Å²) in [6.07, 6.45) is 2.32. The number of nitrogens with zero attached hydrogens (tertiary/aromatic N) is 5. The second-order valence-electron chi connectivity index (χ2n) is 4.13. The van der Waals surface area contributed by atoms with Gasteiger partial charge in [-0.05, 0) is 12.8 Å². The van der Waals surface area contributed by atoms with Crippen molar-refractivity contribution in [2.75, 3.05) is 48.8 Å².